The number of para-hydroxylation sites is 4. The van der Waals surface area contributed by atoms with Gasteiger partial charge in [-0.3, -0.25) is 0 Å². The molecule has 10 aromatic rings. The smallest absolute Gasteiger partial charge is 0.249 e. The van der Waals surface area contributed by atoms with Gasteiger partial charge in [0.25, 0.3) is 0 Å². The van der Waals surface area contributed by atoms with Crippen molar-refractivity contribution in [2.24, 2.45) is 0 Å². The van der Waals surface area contributed by atoms with E-state index in [1.165, 1.54) is 113 Å². The van der Waals surface area contributed by atoms with Gasteiger partial charge in [-0.15, -0.1) is 0 Å². The molecule has 0 atom stereocenters. The van der Waals surface area contributed by atoms with Crippen LogP contribution in [-0.4, -0.2) is 13.4 Å². The van der Waals surface area contributed by atoms with Crippen LogP contribution >= 0.6 is 35.3 Å². The highest BCUT2D eigenvalue weighted by atomic mass is 32.2. The first-order valence-electron chi connectivity index (χ1n) is 23.3. The van der Waals surface area contributed by atoms with E-state index in [2.05, 4.69) is 241 Å². The van der Waals surface area contributed by atoms with Crippen LogP contribution in [0.1, 0.15) is 5.56 Å². The van der Waals surface area contributed by atoms with E-state index in [4.69, 9.17) is 0 Å². The Morgan fingerprint density at radius 2 is 0.882 bits per heavy atom. The lowest BCUT2D eigenvalue weighted by atomic mass is 9.32. The highest BCUT2D eigenvalue weighted by Gasteiger charge is 2.45. The van der Waals surface area contributed by atoms with Gasteiger partial charge in [0, 0.05) is 63.4 Å². The van der Waals surface area contributed by atoms with Crippen LogP contribution in [0, 0.1) is 6.92 Å². The second-order valence-corrected chi connectivity index (χ2v) is 21.3. The zero-order valence-electron chi connectivity index (χ0n) is 37.1. The number of fused-ring (bicyclic) bond motifs is 8. The molecule has 0 bridgehead atoms. The third-order valence-electron chi connectivity index (χ3n) is 14.1. The van der Waals surface area contributed by atoms with Crippen molar-refractivity contribution < 1.29 is 0 Å². The van der Waals surface area contributed by atoms with Crippen LogP contribution in [0.3, 0.4) is 0 Å². The molecule has 0 aliphatic carbocycles. The fourth-order valence-electron chi connectivity index (χ4n) is 11.1. The van der Waals surface area contributed by atoms with Crippen LogP contribution < -0.4 is 42.6 Å². The Morgan fingerprint density at radius 3 is 1.57 bits per heavy atom. The average molecular weight is 919 g/mol. The van der Waals surface area contributed by atoms with Gasteiger partial charge in [-0.2, -0.15) is 0 Å². The Morgan fingerprint density at radius 1 is 0.338 bits per heavy atom. The van der Waals surface area contributed by atoms with Crippen molar-refractivity contribution in [1.82, 2.24) is 0 Å². The standard InChI is InChI=1S/C61H40B2N2S3/c1-39-29-31-41(32-30-39)46-23-11-14-26-51(46)65-52-27-15-12-24-47(52)62-49-37-50-56(38-55(49)67-57-34-42(33-53(65)60(57)62)40-17-5-2-6-18-40)68-59-36-45(35-58-61(59)63(50)48-25-13-16-28-54(48)66-58)64(43-19-7-3-8-20-43)44-21-9-4-10-22-44/h2-38H,1H3. The Kier molecular flexibility index (Phi) is 9.47. The van der Waals surface area contributed by atoms with Gasteiger partial charge in [-0.1, -0.05) is 209 Å². The molecule has 7 heteroatoms. The summed E-state index contributed by atoms with van der Waals surface area (Å²) in [6, 6.07) is 83.8. The maximum Gasteiger partial charge on any atom is 0.249 e. The minimum atomic E-state index is 0.0529. The summed E-state index contributed by atoms with van der Waals surface area (Å²) in [6.45, 7) is 2.32. The van der Waals surface area contributed by atoms with Crippen molar-refractivity contribution in [3.8, 4) is 22.3 Å². The Hall–Kier alpha value is -7.02. The van der Waals surface area contributed by atoms with Gasteiger partial charge in [-0.25, -0.2) is 0 Å². The molecular formula is C61H40B2N2S3. The summed E-state index contributed by atoms with van der Waals surface area (Å²) >= 11 is 5.82. The molecule has 0 saturated heterocycles. The van der Waals surface area contributed by atoms with E-state index in [0.717, 1.165) is 11.4 Å². The zero-order valence-corrected chi connectivity index (χ0v) is 39.6. The Balaban J connectivity index is 0.977. The minimum Gasteiger partial charge on any atom is -0.311 e. The topological polar surface area (TPSA) is 6.48 Å². The monoisotopic (exact) mass is 918 g/mol. The molecule has 0 unspecified atom stereocenters. The predicted octanol–water partition coefficient (Wildman–Crippen LogP) is 13.0. The Labute approximate surface area is 411 Å². The molecule has 4 aliphatic heterocycles. The van der Waals surface area contributed by atoms with Gasteiger partial charge >= 0.3 is 0 Å². The molecule has 318 valence electrons. The van der Waals surface area contributed by atoms with E-state index < -0.39 is 0 Å². The molecule has 4 aliphatic rings. The molecule has 0 amide bonds. The van der Waals surface area contributed by atoms with E-state index in [1.807, 2.05) is 35.3 Å². The molecule has 68 heavy (non-hydrogen) atoms. The van der Waals surface area contributed by atoms with Gasteiger partial charge in [0.05, 0.1) is 5.69 Å². The molecule has 0 saturated carbocycles. The van der Waals surface area contributed by atoms with E-state index in [1.54, 1.807) is 0 Å². The molecule has 10 aromatic carbocycles. The summed E-state index contributed by atoms with van der Waals surface area (Å²) in [5.74, 6) is 0. The molecule has 2 nitrogen and oxygen atoms in total. The first kappa shape index (κ1) is 40.1. The third kappa shape index (κ3) is 6.40. The molecule has 0 radical (unpaired) electrons. The first-order chi connectivity index (χ1) is 33.6. The molecule has 0 fully saturated rings. The van der Waals surface area contributed by atoms with Crippen molar-refractivity contribution >= 4 is 116 Å². The third-order valence-corrected chi connectivity index (χ3v) is 17.5. The number of nitrogens with zero attached hydrogens (tertiary/aromatic N) is 2. The van der Waals surface area contributed by atoms with E-state index >= 15 is 0 Å². The lowest BCUT2D eigenvalue weighted by Gasteiger charge is -2.42. The van der Waals surface area contributed by atoms with Crippen molar-refractivity contribution in [1.29, 1.82) is 0 Å². The van der Waals surface area contributed by atoms with Gasteiger partial charge in [0.1, 0.15) is 0 Å². The fraction of sp³-hybridized carbons (Fsp3) is 0.0164. The van der Waals surface area contributed by atoms with Crippen molar-refractivity contribution in [2.75, 3.05) is 9.80 Å². The summed E-state index contributed by atoms with van der Waals surface area (Å²) in [6.07, 6.45) is 0. The molecule has 14 rings (SSSR count). The van der Waals surface area contributed by atoms with Gasteiger partial charge < -0.3 is 9.80 Å². The summed E-state index contributed by atoms with van der Waals surface area (Å²) < 4.78 is 0. The lowest BCUT2D eigenvalue weighted by Crippen LogP contribution is -2.63. The number of hydrogen-bond acceptors (Lipinski definition) is 5. The molecule has 0 aromatic heterocycles. The maximum absolute atomic E-state index is 2.62. The van der Waals surface area contributed by atoms with Gasteiger partial charge in [-0.05, 0) is 113 Å². The molecule has 4 heterocycles. The first-order valence-corrected chi connectivity index (χ1v) is 25.7. The van der Waals surface area contributed by atoms with Crippen LogP contribution in [0.25, 0.3) is 22.3 Å². The number of rotatable bonds is 6. The number of aryl methyl sites for hydroxylation is 1. The van der Waals surface area contributed by atoms with E-state index in [9.17, 15) is 0 Å². The second-order valence-electron chi connectivity index (χ2n) is 18.1. The SMILES string of the molecule is Cc1ccc(-c2ccccc2N2c3ccccc3B3c4cc5c(cc4Sc4cc(-c6ccccc6)cc2c43)Sc2cc(N(c3ccccc3)c3ccccc3)cc3c2B5c2ccccc2S3)cc1. The molecule has 0 spiro atoms. The predicted molar refractivity (Wildman–Crippen MR) is 292 cm³/mol. The zero-order chi connectivity index (χ0) is 44.9. The highest BCUT2D eigenvalue weighted by molar-refractivity contribution is 8.01. The van der Waals surface area contributed by atoms with E-state index in [-0.39, 0.29) is 13.4 Å². The van der Waals surface area contributed by atoms with Crippen LogP contribution in [0.2, 0.25) is 0 Å². The number of benzene rings is 10. The maximum atomic E-state index is 2.62. The van der Waals surface area contributed by atoms with Crippen molar-refractivity contribution in [3.63, 3.8) is 0 Å². The van der Waals surface area contributed by atoms with Crippen molar-refractivity contribution in [3.05, 3.63) is 230 Å². The summed E-state index contributed by atoms with van der Waals surface area (Å²) in [5, 5.41) is 0. The van der Waals surface area contributed by atoms with E-state index in [0.29, 0.717) is 0 Å². The lowest BCUT2D eigenvalue weighted by molar-refractivity contribution is 1.23. The molecular weight excluding hydrogens is 879 g/mol. The second kappa shape index (κ2) is 16.1. The summed E-state index contributed by atoms with van der Waals surface area (Å²) in [7, 11) is 0. The number of anilines is 6. The number of hydrogen-bond donors (Lipinski definition) is 0. The summed E-state index contributed by atoms with van der Waals surface area (Å²) in [4.78, 5) is 13.0. The van der Waals surface area contributed by atoms with Crippen LogP contribution in [0.4, 0.5) is 34.1 Å². The van der Waals surface area contributed by atoms with Crippen LogP contribution in [0.15, 0.2) is 254 Å². The van der Waals surface area contributed by atoms with Crippen molar-refractivity contribution in [2.45, 2.75) is 36.3 Å². The minimum absolute atomic E-state index is 0.0529. The van der Waals surface area contributed by atoms with Gasteiger partial charge in [0.15, 0.2) is 0 Å². The highest BCUT2D eigenvalue weighted by Crippen LogP contribution is 2.49. The quantitative estimate of drug-likeness (QED) is 0.153. The van der Waals surface area contributed by atoms with Crippen LogP contribution in [-0.2, 0) is 0 Å². The summed E-state index contributed by atoms with van der Waals surface area (Å²) in [5.41, 5.74) is 21.6. The Bertz CT molecular complexity index is 3600. The van der Waals surface area contributed by atoms with Gasteiger partial charge in [0.2, 0.25) is 13.4 Å². The normalized spacial score (nSPS) is 13.4. The average Bonchev–Trinajstić information content (AvgIpc) is 3.39. The molecule has 0 N–H and O–H groups in total. The largest absolute Gasteiger partial charge is 0.311 e. The fourth-order valence-corrected chi connectivity index (χ4v) is 14.9. The van der Waals surface area contributed by atoms with Crippen LogP contribution in [0.5, 0.6) is 0 Å².